The zero-order valence-corrected chi connectivity index (χ0v) is 21.4. The minimum Gasteiger partial charge on any atom is -0.766 e. The van der Waals surface area contributed by atoms with Crippen molar-refractivity contribution in [2.24, 2.45) is 0 Å². The summed E-state index contributed by atoms with van der Waals surface area (Å²) >= 11 is 0. The molecule has 28 heavy (non-hydrogen) atoms. The minimum absolute atomic E-state index is 0. The summed E-state index contributed by atoms with van der Waals surface area (Å²) in [6, 6.07) is 0. The van der Waals surface area contributed by atoms with Crippen molar-refractivity contribution in [3.05, 3.63) is 6.10 Å². The molecule has 8 nitrogen and oxygen atoms in total. The first kappa shape index (κ1) is 26.7. The second kappa shape index (κ2) is 11.9. The van der Waals surface area contributed by atoms with Crippen LogP contribution in [0.1, 0.15) is 54.4 Å². The van der Waals surface area contributed by atoms with Crippen LogP contribution in [0.5, 0.6) is 0 Å². The molecule has 10 heteroatoms. The summed E-state index contributed by atoms with van der Waals surface area (Å²) in [5.41, 5.74) is 0. The second-order valence-electron chi connectivity index (χ2n) is 7.89. The van der Waals surface area contributed by atoms with E-state index in [4.69, 9.17) is 23.5 Å². The first-order valence-electron chi connectivity index (χ1n) is 9.75. The Morgan fingerprint density at radius 3 is 2.46 bits per heavy atom. The Bertz CT molecular complexity index is 510. The first-order valence-corrected chi connectivity index (χ1v) is 11.3. The molecule has 6 atom stereocenters. The van der Waals surface area contributed by atoms with E-state index < -0.39 is 13.9 Å². The van der Waals surface area contributed by atoms with Crippen LogP contribution in [0, 0.1) is 6.10 Å². The molecule has 2 fully saturated rings. The van der Waals surface area contributed by atoms with Gasteiger partial charge in [0.1, 0.15) is 0 Å². The van der Waals surface area contributed by atoms with E-state index in [1.807, 2.05) is 41.5 Å². The molecule has 0 aromatic heterocycles. The standard InChI is InChI=1S/C18H35NO7P.W/c1-11(2)22-10-18-16(8-14(6)25-18)26-27(20,21)19-9-17-15(23-12(3)4)7-13(5)24-17;/h11-17H,7-10H2,1-6H3,(H2,19,20,21);/q-1;/p-1/t13-,14-,15?,16?,17+;/m0./s1. The Kier molecular flexibility index (Phi) is 11.3. The largest absolute Gasteiger partial charge is 0.766 e. The average Bonchev–Trinajstić information content (AvgIpc) is 3.04. The van der Waals surface area contributed by atoms with Gasteiger partial charge in [-0.05, 0) is 60.7 Å². The molecule has 166 valence electrons. The maximum absolute atomic E-state index is 12.4. The number of ether oxygens (including phenoxy) is 4. The summed E-state index contributed by atoms with van der Waals surface area (Å²) in [5, 5.41) is 2.51. The van der Waals surface area contributed by atoms with Crippen molar-refractivity contribution < 1.29 is 54.0 Å². The van der Waals surface area contributed by atoms with Gasteiger partial charge in [0.2, 0.25) is 7.75 Å². The van der Waals surface area contributed by atoms with Crippen molar-refractivity contribution in [1.82, 2.24) is 5.09 Å². The van der Waals surface area contributed by atoms with Crippen LogP contribution in [0.15, 0.2) is 0 Å². The predicted molar refractivity (Wildman–Crippen MR) is 98.9 cm³/mol. The van der Waals surface area contributed by atoms with Gasteiger partial charge in [0.15, 0.2) is 0 Å². The monoisotopic (exact) mass is 591 g/mol. The van der Waals surface area contributed by atoms with Crippen LogP contribution < -0.4 is 9.98 Å². The van der Waals surface area contributed by atoms with E-state index >= 15 is 0 Å². The summed E-state index contributed by atoms with van der Waals surface area (Å²) < 4.78 is 40.6. The van der Waals surface area contributed by atoms with E-state index in [0.717, 1.165) is 6.42 Å². The fourth-order valence-electron chi connectivity index (χ4n) is 3.29. The predicted octanol–water partition coefficient (Wildman–Crippen LogP) is 2.16. The van der Waals surface area contributed by atoms with Crippen LogP contribution in [-0.2, 0) is 49.1 Å². The summed E-state index contributed by atoms with van der Waals surface area (Å²) in [6.07, 6.45) is 0.623. The molecule has 1 N–H and O–H groups in total. The van der Waals surface area contributed by atoms with Gasteiger partial charge in [0, 0.05) is 46.2 Å². The molecular weight excluding hydrogens is 557 g/mol. The van der Waals surface area contributed by atoms with Crippen molar-refractivity contribution >= 4 is 7.75 Å². The molecule has 0 aromatic carbocycles. The van der Waals surface area contributed by atoms with Crippen molar-refractivity contribution in [3.63, 3.8) is 0 Å². The Morgan fingerprint density at radius 1 is 1.18 bits per heavy atom. The molecule has 0 saturated carbocycles. The molecule has 0 aliphatic carbocycles. The summed E-state index contributed by atoms with van der Waals surface area (Å²) in [4.78, 5) is 12.4. The van der Waals surface area contributed by atoms with Crippen molar-refractivity contribution in [2.75, 3.05) is 13.2 Å². The van der Waals surface area contributed by atoms with Crippen molar-refractivity contribution in [1.29, 1.82) is 0 Å². The van der Waals surface area contributed by atoms with Gasteiger partial charge in [0.05, 0.1) is 24.4 Å². The van der Waals surface area contributed by atoms with Crippen LogP contribution in [0.2, 0.25) is 0 Å². The molecule has 0 spiro atoms. The van der Waals surface area contributed by atoms with E-state index in [1.165, 1.54) is 0 Å². The third kappa shape index (κ3) is 8.79. The van der Waals surface area contributed by atoms with Crippen LogP contribution >= 0.6 is 7.75 Å². The fourth-order valence-corrected chi connectivity index (χ4v) is 4.31. The van der Waals surface area contributed by atoms with Crippen LogP contribution in [0.25, 0.3) is 0 Å². The van der Waals surface area contributed by atoms with Gasteiger partial charge in [-0.1, -0.05) is 0 Å². The van der Waals surface area contributed by atoms with Gasteiger partial charge < -0.3 is 28.4 Å². The van der Waals surface area contributed by atoms with E-state index in [1.54, 1.807) is 0 Å². The van der Waals surface area contributed by atoms with Crippen molar-refractivity contribution in [2.45, 2.75) is 97.1 Å². The topological polar surface area (TPSA) is 98.3 Å². The maximum atomic E-state index is 12.4. The number of nitrogens with one attached hydrogen (secondary N) is 1. The Balaban J connectivity index is 0.00000392. The van der Waals surface area contributed by atoms with Crippen LogP contribution in [0.3, 0.4) is 0 Å². The van der Waals surface area contributed by atoms with Gasteiger partial charge in [-0.2, -0.15) is 0 Å². The smallest absolute Gasteiger partial charge is 0.202 e. The summed E-state index contributed by atoms with van der Waals surface area (Å²) in [5.74, 6) is 0. The Hall–Kier alpha value is 0.638. The zero-order chi connectivity index (χ0) is 20.2. The Labute approximate surface area is 183 Å². The molecule has 0 bridgehead atoms. The molecule has 3 unspecified atom stereocenters. The molecule has 0 radical (unpaired) electrons. The van der Waals surface area contributed by atoms with E-state index in [0.29, 0.717) is 12.5 Å². The molecule has 2 rings (SSSR count). The third-order valence-electron chi connectivity index (χ3n) is 4.40. The normalized spacial score (nSPS) is 33.4. The minimum atomic E-state index is -4.28. The quantitative estimate of drug-likeness (QED) is 0.305. The summed E-state index contributed by atoms with van der Waals surface area (Å²) in [7, 11) is -4.28. The second-order valence-corrected chi connectivity index (χ2v) is 9.41. The van der Waals surface area contributed by atoms with Crippen molar-refractivity contribution in [3.8, 4) is 0 Å². The fraction of sp³-hybridized carbons (Fsp3) is 0.944. The van der Waals surface area contributed by atoms with Crippen LogP contribution in [-0.4, -0.2) is 55.9 Å². The van der Waals surface area contributed by atoms with Gasteiger partial charge in [-0.3, -0.25) is 9.65 Å². The van der Waals surface area contributed by atoms with Crippen LogP contribution in [0.4, 0.5) is 0 Å². The number of hydrogen-bond donors (Lipinski definition) is 1. The molecule has 2 heterocycles. The van der Waals surface area contributed by atoms with Gasteiger partial charge in [0.25, 0.3) is 0 Å². The molecule has 2 aliphatic rings. The first-order chi connectivity index (χ1) is 12.6. The Morgan fingerprint density at radius 2 is 1.86 bits per heavy atom. The number of rotatable bonds is 10. The molecule has 0 aromatic rings. The zero-order valence-electron chi connectivity index (χ0n) is 17.6. The SMILES string of the molecule is CC(C)OC[C-]1O[C@@H](C)CC1OP(=O)([O-])NC[C@H]1O[C@@H](C)CC1OC(C)C.[W]. The van der Waals surface area contributed by atoms with Gasteiger partial charge in [-0.15, -0.1) is 6.10 Å². The molecule has 2 saturated heterocycles. The van der Waals surface area contributed by atoms with E-state index in [9.17, 15) is 9.46 Å². The molecular formula is C18H34NO7PW-2. The van der Waals surface area contributed by atoms with Gasteiger partial charge >= 0.3 is 0 Å². The summed E-state index contributed by atoms with van der Waals surface area (Å²) in [6.45, 7) is 11.9. The van der Waals surface area contributed by atoms with E-state index in [2.05, 4.69) is 5.09 Å². The van der Waals surface area contributed by atoms with Gasteiger partial charge in [-0.25, -0.2) is 0 Å². The molecule has 2 aliphatic heterocycles. The molecule has 0 amide bonds. The third-order valence-corrected chi connectivity index (χ3v) is 5.50. The number of hydrogen-bond acceptors (Lipinski definition) is 7. The van der Waals surface area contributed by atoms with E-state index in [-0.39, 0.29) is 70.8 Å². The maximum Gasteiger partial charge on any atom is 0.202 e. The average molecular weight is 591 g/mol.